The Labute approximate surface area is 400 Å². The first-order valence-electron chi connectivity index (χ1n) is 25.2. The first-order chi connectivity index (χ1) is 33.4. The van der Waals surface area contributed by atoms with E-state index >= 15 is 8.78 Å². The SMILES string of the molecule is CCc1c(F)ccc2cc(O)cc(-c3ncc4c(N5CCCC6(CCO6)C5)nc(OCC5(CN6CC(CN7CCC(c8ccc9c(C%10CCC(=O)NC%10O)nn(C)c9c8)CC7)C6)CC5)nc4c3F)c12. The highest BCUT2D eigenvalue weighted by molar-refractivity contribution is 6.02. The summed E-state index contributed by atoms with van der Waals surface area (Å²) in [6, 6.07) is 12.8. The molecule has 1 aliphatic carbocycles. The Bertz CT molecular complexity index is 2980. The van der Waals surface area contributed by atoms with Gasteiger partial charge in [0, 0.05) is 87.6 Å². The summed E-state index contributed by atoms with van der Waals surface area (Å²) in [5.41, 5.74) is 3.82. The predicted octanol–water partition coefficient (Wildman–Crippen LogP) is 7.32. The molecule has 1 spiro atoms. The quantitative estimate of drug-likeness (QED) is 0.113. The van der Waals surface area contributed by atoms with Crippen molar-refractivity contribution in [1.29, 1.82) is 0 Å². The maximum atomic E-state index is 17.2. The van der Waals surface area contributed by atoms with Crippen LogP contribution in [0.25, 0.3) is 43.8 Å². The van der Waals surface area contributed by atoms with Crippen molar-refractivity contribution in [2.45, 2.75) is 94.8 Å². The molecule has 0 radical (unpaired) electrons. The second-order valence-electron chi connectivity index (χ2n) is 21.2. The molecule has 1 amide bonds. The average molecular weight is 942 g/mol. The normalized spacial score (nSPS) is 24.5. The summed E-state index contributed by atoms with van der Waals surface area (Å²) in [7, 11) is 1.96. The van der Waals surface area contributed by atoms with E-state index in [4.69, 9.17) is 24.5 Å². The number of carbonyl (C=O) groups is 1. The highest BCUT2D eigenvalue weighted by Gasteiger charge is 2.48. The molecule has 0 bridgehead atoms. The van der Waals surface area contributed by atoms with Gasteiger partial charge in [-0.3, -0.25) is 14.5 Å². The second-order valence-corrected chi connectivity index (χ2v) is 21.2. The molecule has 3 N–H and O–H groups in total. The lowest BCUT2D eigenvalue weighted by atomic mass is 9.86. The number of anilines is 1. The Balaban J connectivity index is 0.705. The zero-order valence-corrected chi connectivity index (χ0v) is 39.5. The van der Waals surface area contributed by atoms with E-state index in [9.17, 15) is 15.0 Å². The van der Waals surface area contributed by atoms with Gasteiger partial charge in [-0.05, 0) is 122 Å². The number of nitrogens with zero attached hydrogens (tertiary/aromatic N) is 8. The number of fused-ring (bicyclic) bond motifs is 3. The van der Waals surface area contributed by atoms with Crippen LogP contribution in [0.5, 0.6) is 11.8 Å². The number of aryl methyl sites for hydroxylation is 2. The number of hydrogen-bond acceptors (Lipinski definition) is 12. The number of phenolic OH excluding ortho intramolecular Hbond substituents is 1. The maximum absolute atomic E-state index is 17.2. The molecule has 6 fully saturated rings. The number of piperidine rings is 3. The molecule has 16 heteroatoms. The molecule has 5 aliphatic heterocycles. The molecule has 12 rings (SSSR count). The number of aliphatic hydroxyl groups excluding tert-OH is 1. The molecule has 6 aromatic rings. The van der Waals surface area contributed by atoms with Crippen molar-refractivity contribution < 1.29 is 33.3 Å². The van der Waals surface area contributed by atoms with E-state index < -0.39 is 12.0 Å². The third-order valence-corrected chi connectivity index (χ3v) is 16.5. The Hall–Kier alpha value is -5.55. The minimum absolute atomic E-state index is 0.0122. The van der Waals surface area contributed by atoms with E-state index in [1.165, 1.54) is 17.7 Å². The molecule has 69 heavy (non-hydrogen) atoms. The number of aliphatic hydroxyl groups is 1. The van der Waals surface area contributed by atoms with Crippen LogP contribution in [0.15, 0.2) is 48.7 Å². The number of aromatic hydroxyl groups is 1. The fraction of sp³-hybridized carbons (Fsp3) is 0.528. The summed E-state index contributed by atoms with van der Waals surface area (Å²) >= 11 is 0. The number of carbonyl (C=O) groups excluding carboxylic acids is 1. The van der Waals surface area contributed by atoms with Crippen LogP contribution >= 0.6 is 0 Å². The molecule has 362 valence electrons. The van der Waals surface area contributed by atoms with Gasteiger partial charge >= 0.3 is 6.01 Å². The van der Waals surface area contributed by atoms with Crippen LogP contribution in [-0.4, -0.2) is 128 Å². The third-order valence-electron chi connectivity index (χ3n) is 16.5. The Morgan fingerprint density at radius 1 is 0.971 bits per heavy atom. The lowest BCUT2D eigenvalue weighted by Crippen LogP contribution is -2.56. The fourth-order valence-corrected chi connectivity index (χ4v) is 12.4. The summed E-state index contributed by atoms with van der Waals surface area (Å²) in [5, 5.41) is 31.5. The number of aromatic nitrogens is 5. The summed E-state index contributed by atoms with van der Waals surface area (Å²) in [6.45, 7) is 10.7. The van der Waals surface area contributed by atoms with E-state index in [0.717, 1.165) is 114 Å². The van der Waals surface area contributed by atoms with Crippen molar-refractivity contribution >= 4 is 44.3 Å². The van der Waals surface area contributed by atoms with E-state index in [0.29, 0.717) is 77.4 Å². The molecular weight excluding hydrogens is 881 g/mol. The number of rotatable bonds is 12. The fourth-order valence-electron chi connectivity index (χ4n) is 12.4. The van der Waals surface area contributed by atoms with Crippen LogP contribution < -0.4 is 15.0 Å². The van der Waals surface area contributed by atoms with Gasteiger partial charge in [0.2, 0.25) is 5.91 Å². The van der Waals surface area contributed by atoms with Crippen molar-refractivity contribution in [1.82, 2.24) is 39.8 Å². The number of pyridine rings is 1. The van der Waals surface area contributed by atoms with Gasteiger partial charge in [-0.25, -0.2) is 8.78 Å². The summed E-state index contributed by atoms with van der Waals surface area (Å²) in [4.78, 5) is 33.5. The van der Waals surface area contributed by atoms with Crippen molar-refractivity contribution in [2.75, 3.05) is 70.5 Å². The number of nitrogens with one attached hydrogen (secondary N) is 1. The summed E-state index contributed by atoms with van der Waals surface area (Å²) < 4.78 is 46.9. The van der Waals surface area contributed by atoms with Crippen molar-refractivity contribution in [2.24, 2.45) is 18.4 Å². The number of ether oxygens (including phenoxy) is 2. The average Bonchev–Trinajstić information content (AvgIpc) is 4.03. The minimum atomic E-state index is -0.917. The number of hydrogen-bond donors (Lipinski definition) is 3. The number of phenols is 1. The van der Waals surface area contributed by atoms with E-state index in [1.54, 1.807) is 18.3 Å². The lowest BCUT2D eigenvalue weighted by Gasteiger charge is -2.48. The van der Waals surface area contributed by atoms with Crippen LogP contribution in [0.3, 0.4) is 0 Å². The lowest BCUT2D eigenvalue weighted by molar-refractivity contribution is -0.151. The Morgan fingerprint density at radius 2 is 1.80 bits per heavy atom. The van der Waals surface area contributed by atoms with Crippen LogP contribution in [-0.2, 0) is 23.0 Å². The largest absolute Gasteiger partial charge is 0.508 e. The molecule has 3 aromatic carbocycles. The Kier molecular flexibility index (Phi) is 11.3. The van der Waals surface area contributed by atoms with Crippen LogP contribution in [0.2, 0.25) is 0 Å². The zero-order chi connectivity index (χ0) is 47.2. The molecular formula is C53H61F2N9O5. The summed E-state index contributed by atoms with van der Waals surface area (Å²) in [5.74, 6) is 0.233. The van der Waals surface area contributed by atoms with Gasteiger partial charge in [-0.2, -0.15) is 15.1 Å². The van der Waals surface area contributed by atoms with Gasteiger partial charge in [0.1, 0.15) is 34.8 Å². The van der Waals surface area contributed by atoms with E-state index in [1.807, 2.05) is 18.7 Å². The van der Waals surface area contributed by atoms with Crippen LogP contribution in [0, 0.1) is 23.0 Å². The third kappa shape index (κ3) is 8.24. The standard InChI is InChI=1S/C53H61F2N9O5/c1-3-36-41(54)9-6-34-21-35(65)23-39(44(34)36)47-45(55)48-40(24-56-47)49(64-17-4-13-53(29-64)16-20-69-53)59-51(58-48)68-30-52(14-15-52)28-63-26-31(27-63)25-62-18-11-32(12-19-62)33-5-7-37-42(22-33)61(2)60-46(37)38-8-10-43(66)57-50(38)67/h5-7,9,21-24,31-32,38,50,65,67H,3-4,8,10-20,25-30H2,1-2H3,(H,57,66). The van der Waals surface area contributed by atoms with Gasteiger partial charge in [0.25, 0.3) is 0 Å². The first-order valence-corrected chi connectivity index (χ1v) is 25.2. The molecule has 1 saturated carbocycles. The van der Waals surface area contributed by atoms with Crippen LogP contribution in [0.1, 0.15) is 93.4 Å². The highest BCUT2D eigenvalue weighted by atomic mass is 19.1. The van der Waals surface area contributed by atoms with E-state index in [2.05, 4.69) is 43.2 Å². The molecule has 5 saturated heterocycles. The van der Waals surface area contributed by atoms with Gasteiger partial charge in [-0.1, -0.05) is 25.1 Å². The minimum Gasteiger partial charge on any atom is -0.508 e. The first kappa shape index (κ1) is 44.6. The predicted molar refractivity (Wildman–Crippen MR) is 258 cm³/mol. The van der Waals surface area contributed by atoms with Crippen molar-refractivity contribution in [3.05, 3.63) is 77.1 Å². The Morgan fingerprint density at radius 3 is 2.55 bits per heavy atom. The van der Waals surface area contributed by atoms with Gasteiger partial charge < -0.3 is 39.7 Å². The van der Waals surface area contributed by atoms with E-state index in [-0.39, 0.29) is 51.6 Å². The molecule has 8 heterocycles. The number of amides is 1. The molecule has 3 atom stereocenters. The maximum Gasteiger partial charge on any atom is 0.319 e. The number of benzene rings is 3. The smallest absolute Gasteiger partial charge is 0.319 e. The molecule has 3 unspecified atom stereocenters. The molecule has 6 aliphatic rings. The van der Waals surface area contributed by atoms with Crippen molar-refractivity contribution in [3.8, 4) is 23.0 Å². The van der Waals surface area contributed by atoms with Crippen molar-refractivity contribution in [3.63, 3.8) is 0 Å². The number of halogens is 2. The zero-order valence-electron chi connectivity index (χ0n) is 39.5. The number of likely N-dealkylation sites (tertiary alicyclic amines) is 2. The van der Waals surface area contributed by atoms with Gasteiger partial charge in [0.05, 0.1) is 35.4 Å². The monoisotopic (exact) mass is 941 g/mol. The summed E-state index contributed by atoms with van der Waals surface area (Å²) in [6.07, 6.45) is 9.22. The molecule has 3 aromatic heterocycles. The molecule has 14 nitrogen and oxygen atoms in total. The highest BCUT2D eigenvalue weighted by Crippen LogP contribution is 2.48. The second kappa shape index (κ2) is 17.4. The van der Waals surface area contributed by atoms with Crippen LogP contribution in [0.4, 0.5) is 14.6 Å². The topological polar surface area (TPSA) is 154 Å². The van der Waals surface area contributed by atoms with Gasteiger partial charge in [-0.15, -0.1) is 0 Å². The van der Waals surface area contributed by atoms with Gasteiger partial charge in [0.15, 0.2) is 5.82 Å².